The predicted molar refractivity (Wildman–Crippen MR) is 114 cm³/mol. The third-order valence-corrected chi connectivity index (χ3v) is 5.81. The van der Waals surface area contributed by atoms with E-state index >= 15 is 0 Å². The molecule has 9 heteroatoms. The molecule has 0 heterocycles. The third-order valence-electron chi connectivity index (χ3n) is 4.35. The van der Waals surface area contributed by atoms with Crippen LogP contribution in [-0.2, 0) is 21.4 Å². The van der Waals surface area contributed by atoms with E-state index in [9.17, 15) is 13.2 Å². The summed E-state index contributed by atoms with van der Waals surface area (Å²) in [6.07, 6.45) is 0.704. The molecule has 2 rings (SSSR count). The lowest BCUT2D eigenvalue weighted by molar-refractivity contribution is -0.123. The number of amides is 1. The van der Waals surface area contributed by atoms with Gasteiger partial charge in [0.2, 0.25) is 10.0 Å². The van der Waals surface area contributed by atoms with Gasteiger partial charge in [-0.2, -0.15) is 0 Å². The molecule has 0 atom stereocenters. The summed E-state index contributed by atoms with van der Waals surface area (Å²) in [5, 5.41) is 2.77. The van der Waals surface area contributed by atoms with Crippen molar-refractivity contribution in [2.45, 2.75) is 31.7 Å². The fourth-order valence-corrected chi connectivity index (χ4v) is 3.97. The van der Waals surface area contributed by atoms with Crippen LogP contribution in [0.15, 0.2) is 41.3 Å². The summed E-state index contributed by atoms with van der Waals surface area (Å²) in [5.74, 6) is 1.33. The number of ether oxygens (including phenoxy) is 3. The number of methoxy groups -OCH3 is 2. The van der Waals surface area contributed by atoms with E-state index in [1.807, 2.05) is 6.92 Å². The highest BCUT2D eigenvalue weighted by Gasteiger charge is 2.16. The van der Waals surface area contributed by atoms with E-state index in [-0.39, 0.29) is 24.0 Å². The number of hydrogen-bond donors (Lipinski definition) is 2. The molecule has 2 aromatic rings. The van der Waals surface area contributed by atoms with Gasteiger partial charge in [-0.15, -0.1) is 0 Å². The summed E-state index contributed by atoms with van der Waals surface area (Å²) in [6.45, 7) is 4.00. The van der Waals surface area contributed by atoms with Crippen molar-refractivity contribution < 1.29 is 27.4 Å². The zero-order valence-electron chi connectivity index (χ0n) is 17.7. The highest BCUT2D eigenvalue weighted by Crippen LogP contribution is 2.28. The molecule has 0 saturated heterocycles. The van der Waals surface area contributed by atoms with Crippen molar-refractivity contribution in [1.82, 2.24) is 10.0 Å². The van der Waals surface area contributed by atoms with Gasteiger partial charge >= 0.3 is 0 Å². The van der Waals surface area contributed by atoms with Crippen LogP contribution in [0.2, 0.25) is 0 Å². The van der Waals surface area contributed by atoms with Gasteiger partial charge in [0.05, 0.1) is 31.2 Å². The number of sulfonamides is 1. The monoisotopic (exact) mass is 436 g/mol. The summed E-state index contributed by atoms with van der Waals surface area (Å²) in [7, 11) is -0.456. The van der Waals surface area contributed by atoms with Crippen LogP contribution in [0.3, 0.4) is 0 Å². The minimum absolute atomic E-state index is 0.161. The Morgan fingerprint density at radius 3 is 2.27 bits per heavy atom. The van der Waals surface area contributed by atoms with E-state index in [0.717, 1.165) is 5.56 Å². The molecule has 0 fully saturated rings. The highest BCUT2D eigenvalue weighted by molar-refractivity contribution is 7.89. The van der Waals surface area contributed by atoms with Gasteiger partial charge in [-0.3, -0.25) is 4.79 Å². The molecule has 0 aliphatic heterocycles. The van der Waals surface area contributed by atoms with Crippen molar-refractivity contribution >= 4 is 15.9 Å². The van der Waals surface area contributed by atoms with Gasteiger partial charge in [-0.25, -0.2) is 13.1 Å². The summed E-state index contributed by atoms with van der Waals surface area (Å²) in [5.41, 5.74) is 1.34. The molecule has 2 N–H and O–H groups in total. The molecule has 0 spiro atoms. The van der Waals surface area contributed by atoms with Crippen LogP contribution in [0.5, 0.6) is 17.2 Å². The summed E-state index contributed by atoms with van der Waals surface area (Å²) in [6, 6.07) is 9.90. The third kappa shape index (κ3) is 6.11. The average molecular weight is 437 g/mol. The molecule has 0 radical (unpaired) electrons. The molecule has 0 bridgehead atoms. The number of carbonyl (C=O) groups is 1. The smallest absolute Gasteiger partial charge is 0.258 e. The first-order valence-electron chi connectivity index (χ1n) is 9.52. The molecule has 2 aromatic carbocycles. The van der Waals surface area contributed by atoms with E-state index in [1.54, 1.807) is 45.4 Å². The van der Waals surface area contributed by atoms with Gasteiger partial charge in [0.15, 0.2) is 6.61 Å². The van der Waals surface area contributed by atoms with Crippen LogP contribution in [0, 0.1) is 6.92 Å². The van der Waals surface area contributed by atoms with E-state index < -0.39 is 10.0 Å². The van der Waals surface area contributed by atoms with Crippen LogP contribution >= 0.6 is 0 Å². The second kappa shape index (κ2) is 10.8. The standard InChI is InChI=1S/C21H28N2O6S/c1-5-11-23-30(25,26)16-9-10-18(15(2)12-16)29-14-21(24)22-13-17-19(27-3)7-6-8-20(17)28-4/h6-10,12,23H,5,11,13-14H2,1-4H3,(H,22,24). The Morgan fingerprint density at radius 2 is 1.70 bits per heavy atom. The summed E-state index contributed by atoms with van der Waals surface area (Å²) in [4.78, 5) is 12.4. The fourth-order valence-electron chi connectivity index (χ4n) is 2.75. The Morgan fingerprint density at radius 1 is 1.03 bits per heavy atom. The molecule has 0 aliphatic rings. The maximum absolute atomic E-state index is 12.2. The Balaban J connectivity index is 1.97. The molecule has 0 aliphatic carbocycles. The van der Waals surface area contributed by atoms with E-state index in [4.69, 9.17) is 14.2 Å². The van der Waals surface area contributed by atoms with Crippen molar-refractivity contribution in [2.24, 2.45) is 0 Å². The molecule has 0 unspecified atom stereocenters. The van der Waals surface area contributed by atoms with E-state index in [2.05, 4.69) is 10.0 Å². The number of benzene rings is 2. The fraction of sp³-hybridized carbons (Fsp3) is 0.381. The Hall–Kier alpha value is -2.78. The molecule has 0 aromatic heterocycles. The SMILES string of the molecule is CCCNS(=O)(=O)c1ccc(OCC(=O)NCc2c(OC)cccc2OC)c(C)c1. The van der Waals surface area contributed by atoms with Crippen molar-refractivity contribution in [3.63, 3.8) is 0 Å². The largest absolute Gasteiger partial charge is 0.496 e. The lowest BCUT2D eigenvalue weighted by Gasteiger charge is -2.14. The molecule has 164 valence electrons. The maximum atomic E-state index is 12.2. The minimum atomic E-state index is -3.55. The lowest BCUT2D eigenvalue weighted by Crippen LogP contribution is -2.29. The molecule has 1 amide bonds. The topological polar surface area (TPSA) is 103 Å². The first-order valence-corrected chi connectivity index (χ1v) is 11.0. The van der Waals surface area contributed by atoms with Crippen molar-refractivity contribution in [1.29, 1.82) is 0 Å². The zero-order chi connectivity index (χ0) is 22.1. The van der Waals surface area contributed by atoms with Crippen LogP contribution in [0.25, 0.3) is 0 Å². The van der Waals surface area contributed by atoms with Crippen molar-refractivity contribution in [2.75, 3.05) is 27.4 Å². The second-order valence-electron chi connectivity index (χ2n) is 6.53. The van der Waals surface area contributed by atoms with Crippen molar-refractivity contribution in [3.05, 3.63) is 47.5 Å². The van der Waals surface area contributed by atoms with Crippen LogP contribution < -0.4 is 24.2 Å². The van der Waals surface area contributed by atoms with Gasteiger partial charge < -0.3 is 19.5 Å². The molecular weight excluding hydrogens is 408 g/mol. The summed E-state index contributed by atoms with van der Waals surface area (Å²) < 4.78 is 43.1. The Bertz CT molecular complexity index is 953. The molecular formula is C21H28N2O6S. The van der Waals surface area contributed by atoms with Crippen molar-refractivity contribution in [3.8, 4) is 17.2 Å². The first-order chi connectivity index (χ1) is 14.3. The second-order valence-corrected chi connectivity index (χ2v) is 8.30. The average Bonchev–Trinajstić information content (AvgIpc) is 2.74. The Labute approximate surface area is 177 Å². The maximum Gasteiger partial charge on any atom is 0.258 e. The van der Waals surface area contributed by atoms with Crippen LogP contribution in [-0.4, -0.2) is 41.7 Å². The van der Waals surface area contributed by atoms with Gasteiger partial charge in [0, 0.05) is 6.54 Å². The number of nitrogens with one attached hydrogen (secondary N) is 2. The van der Waals surface area contributed by atoms with Crippen LogP contribution in [0.1, 0.15) is 24.5 Å². The van der Waals surface area contributed by atoms with E-state index in [0.29, 0.717) is 35.8 Å². The molecule has 30 heavy (non-hydrogen) atoms. The first kappa shape index (κ1) is 23.5. The molecule has 0 saturated carbocycles. The number of hydrogen-bond acceptors (Lipinski definition) is 6. The zero-order valence-corrected chi connectivity index (χ0v) is 18.5. The van der Waals surface area contributed by atoms with Gasteiger partial charge in [-0.1, -0.05) is 13.0 Å². The van der Waals surface area contributed by atoms with Gasteiger partial charge in [0.25, 0.3) is 5.91 Å². The van der Waals surface area contributed by atoms with Gasteiger partial charge in [-0.05, 0) is 49.2 Å². The van der Waals surface area contributed by atoms with Gasteiger partial charge in [0.1, 0.15) is 17.2 Å². The lowest BCUT2D eigenvalue weighted by atomic mass is 10.1. The summed E-state index contributed by atoms with van der Waals surface area (Å²) >= 11 is 0. The normalized spacial score (nSPS) is 11.1. The quantitative estimate of drug-likeness (QED) is 0.561. The van der Waals surface area contributed by atoms with E-state index in [1.165, 1.54) is 12.1 Å². The number of carbonyl (C=O) groups excluding carboxylic acids is 1. The minimum Gasteiger partial charge on any atom is -0.496 e. The predicted octanol–water partition coefficient (Wildman–Crippen LogP) is 2.40. The number of aryl methyl sites for hydroxylation is 1. The number of rotatable bonds is 11. The Kier molecular flexibility index (Phi) is 8.49. The van der Waals surface area contributed by atoms with Crippen LogP contribution in [0.4, 0.5) is 0 Å². The highest BCUT2D eigenvalue weighted by atomic mass is 32.2. The molecule has 8 nitrogen and oxygen atoms in total.